The lowest BCUT2D eigenvalue weighted by Gasteiger charge is -2.33. The maximum Gasteiger partial charge on any atom is 0.129 e. The summed E-state index contributed by atoms with van der Waals surface area (Å²) in [4.78, 5) is 12.0. The summed E-state index contributed by atoms with van der Waals surface area (Å²) in [6, 6.07) is 12.3. The SMILES string of the molecule is CCNC1CCN(c2ccc3nc(-c4cc5cn(CC)nc5cc4O)ccc3n2)CC1. The van der Waals surface area contributed by atoms with Crippen molar-refractivity contribution in [3.05, 3.63) is 42.6 Å². The predicted molar refractivity (Wildman–Crippen MR) is 125 cm³/mol. The third kappa shape index (κ3) is 3.81. The second kappa shape index (κ2) is 8.15. The molecule has 0 saturated carbocycles. The quantitative estimate of drug-likeness (QED) is 0.513. The number of hydrogen-bond acceptors (Lipinski definition) is 6. The van der Waals surface area contributed by atoms with Crippen LogP contribution in [0.1, 0.15) is 26.7 Å². The van der Waals surface area contributed by atoms with Crippen molar-refractivity contribution < 1.29 is 5.11 Å². The second-order valence-electron chi connectivity index (χ2n) is 8.14. The van der Waals surface area contributed by atoms with Gasteiger partial charge in [-0.05, 0) is 56.6 Å². The van der Waals surface area contributed by atoms with E-state index in [1.807, 2.05) is 42.1 Å². The molecule has 1 saturated heterocycles. The Labute approximate surface area is 181 Å². The van der Waals surface area contributed by atoms with Gasteiger partial charge in [0.25, 0.3) is 0 Å². The molecule has 3 aromatic heterocycles. The highest BCUT2D eigenvalue weighted by atomic mass is 16.3. The molecule has 1 fully saturated rings. The maximum atomic E-state index is 10.6. The standard InChI is InChI=1S/C24H28N6O/c1-3-25-17-9-11-29(12-10-17)24-8-7-20-21(27-24)6-5-19(26-20)18-13-16-15-30(4-2)28-22(16)14-23(18)31/h5-8,13-15,17,25,31H,3-4,9-12H2,1-2H3. The molecule has 0 aliphatic carbocycles. The number of pyridine rings is 2. The number of piperidine rings is 1. The van der Waals surface area contributed by atoms with Crippen LogP contribution < -0.4 is 10.2 Å². The molecule has 160 valence electrons. The molecule has 1 aliphatic rings. The molecule has 2 N–H and O–H groups in total. The highest BCUT2D eigenvalue weighted by Crippen LogP contribution is 2.33. The first kappa shape index (κ1) is 19.8. The number of aromatic hydroxyl groups is 1. The number of anilines is 1. The van der Waals surface area contributed by atoms with E-state index in [-0.39, 0.29) is 5.75 Å². The van der Waals surface area contributed by atoms with Crippen LogP contribution in [0.3, 0.4) is 0 Å². The average Bonchev–Trinajstić information content (AvgIpc) is 3.20. The lowest BCUT2D eigenvalue weighted by Crippen LogP contribution is -2.42. The van der Waals surface area contributed by atoms with Gasteiger partial charge in [-0.2, -0.15) is 5.10 Å². The lowest BCUT2D eigenvalue weighted by molar-refractivity contribution is 0.422. The van der Waals surface area contributed by atoms with Crippen molar-refractivity contribution in [1.82, 2.24) is 25.1 Å². The summed E-state index contributed by atoms with van der Waals surface area (Å²) in [5.74, 6) is 1.20. The predicted octanol–water partition coefficient (Wildman–Crippen LogP) is 3.95. The molecule has 0 bridgehead atoms. The van der Waals surface area contributed by atoms with Crippen molar-refractivity contribution in [3.63, 3.8) is 0 Å². The van der Waals surface area contributed by atoms with Crippen LogP contribution in [0.15, 0.2) is 42.6 Å². The van der Waals surface area contributed by atoms with E-state index in [0.29, 0.717) is 11.6 Å². The molecular weight excluding hydrogens is 388 g/mol. The van der Waals surface area contributed by atoms with Crippen LogP contribution in [0.25, 0.3) is 33.2 Å². The fraction of sp³-hybridized carbons (Fsp3) is 0.375. The summed E-state index contributed by atoms with van der Waals surface area (Å²) >= 11 is 0. The number of benzene rings is 1. The first-order chi connectivity index (χ1) is 15.1. The molecule has 7 heteroatoms. The zero-order valence-corrected chi connectivity index (χ0v) is 18.0. The number of aryl methyl sites for hydroxylation is 1. The Morgan fingerprint density at radius 3 is 2.55 bits per heavy atom. The van der Waals surface area contributed by atoms with E-state index in [0.717, 1.165) is 72.5 Å². The largest absolute Gasteiger partial charge is 0.507 e. The summed E-state index contributed by atoms with van der Waals surface area (Å²) in [5, 5.41) is 19.6. The fourth-order valence-electron chi connectivity index (χ4n) is 4.41. The normalized spacial score (nSPS) is 15.2. The van der Waals surface area contributed by atoms with Gasteiger partial charge in [-0.3, -0.25) is 4.68 Å². The van der Waals surface area contributed by atoms with E-state index in [9.17, 15) is 5.11 Å². The molecule has 31 heavy (non-hydrogen) atoms. The van der Waals surface area contributed by atoms with Crippen LogP contribution in [0.2, 0.25) is 0 Å². The Morgan fingerprint density at radius 1 is 1.00 bits per heavy atom. The number of rotatable bonds is 5. The van der Waals surface area contributed by atoms with Gasteiger partial charge in [0.05, 0.1) is 22.2 Å². The van der Waals surface area contributed by atoms with Crippen LogP contribution >= 0.6 is 0 Å². The van der Waals surface area contributed by atoms with Gasteiger partial charge >= 0.3 is 0 Å². The van der Waals surface area contributed by atoms with Crippen LogP contribution in [0.4, 0.5) is 5.82 Å². The maximum absolute atomic E-state index is 10.6. The Balaban J connectivity index is 1.43. The summed E-state index contributed by atoms with van der Waals surface area (Å²) in [7, 11) is 0. The summed E-state index contributed by atoms with van der Waals surface area (Å²) in [5.41, 5.74) is 3.92. The van der Waals surface area contributed by atoms with E-state index in [1.165, 1.54) is 0 Å². The highest BCUT2D eigenvalue weighted by molar-refractivity contribution is 5.88. The molecule has 7 nitrogen and oxygen atoms in total. The number of phenolic OH excluding ortho intramolecular Hbond substituents is 1. The smallest absolute Gasteiger partial charge is 0.129 e. The number of phenols is 1. The molecular formula is C24H28N6O. The zero-order chi connectivity index (χ0) is 21.4. The second-order valence-corrected chi connectivity index (χ2v) is 8.14. The third-order valence-electron chi connectivity index (χ3n) is 6.11. The molecule has 0 spiro atoms. The fourth-order valence-corrected chi connectivity index (χ4v) is 4.41. The lowest BCUT2D eigenvalue weighted by atomic mass is 10.0. The van der Waals surface area contributed by atoms with Gasteiger partial charge in [0.15, 0.2) is 0 Å². The van der Waals surface area contributed by atoms with Crippen LogP contribution in [0.5, 0.6) is 5.75 Å². The summed E-state index contributed by atoms with van der Waals surface area (Å²) < 4.78 is 1.87. The molecule has 1 aromatic carbocycles. The van der Waals surface area contributed by atoms with Crippen molar-refractivity contribution in [3.8, 4) is 17.0 Å². The number of fused-ring (bicyclic) bond motifs is 2. The van der Waals surface area contributed by atoms with Gasteiger partial charge in [-0.1, -0.05) is 6.92 Å². The van der Waals surface area contributed by atoms with Crippen molar-refractivity contribution in [2.75, 3.05) is 24.5 Å². The number of hydrogen-bond donors (Lipinski definition) is 2. The molecule has 0 amide bonds. The molecule has 4 aromatic rings. The zero-order valence-electron chi connectivity index (χ0n) is 18.0. The Bertz CT molecular complexity index is 1230. The first-order valence-corrected chi connectivity index (χ1v) is 11.1. The van der Waals surface area contributed by atoms with Crippen molar-refractivity contribution in [1.29, 1.82) is 0 Å². The van der Waals surface area contributed by atoms with Crippen molar-refractivity contribution in [2.24, 2.45) is 0 Å². The van der Waals surface area contributed by atoms with E-state index in [4.69, 9.17) is 9.97 Å². The highest BCUT2D eigenvalue weighted by Gasteiger charge is 2.19. The minimum Gasteiger partial charge on any atom is -0.507 e. The molecule has 0 atom stereocenters. The summed E-state index contributed by atoms with van der Waals surface area (Å²) in [6.07, 6.45) is 4.27. The van der Waals surface area contributed by atoms with Gasteiger partial charge < -0.3 is 15.3 Å². The average molecular weight is 417 g/mol. The number of nitrogens with one attached hydrogen (secondary N) is 1. The van der Waals surface area contributed by atoms with Crippen molar-refractivity contribution >= 4 is 27.8 Å². The van der Waals surface area contributed by atoms with E-state index < -0.39 is 0 Å². The monoisotopic (exact) mass is 416 g/mol. The van der Waals surface area contributed by atoms with E-state index >= 15 is 0 Å². The Morgan fingerprint density at radius 2 is 1.77 bits per heavy atom. The molecule has 0 unspecified atom stereocenters. The minimum absolute atomic E-state index is 0.189. The third-order valence-corrected chi connectivity index (χ3v) is 6.11. The molecule has 1 aliphatic heterocycles. The Kier molecular flexibility index (Phi) is 5.19. The van der Waals surface area contributed by atoms with Crippen LogP contribution in [0, 0.1) is 0 Å². The van der Waals surface area contributed by atoms with E-state index in [1.54, 1.807) is 6.07 Å². The minimum atomic E-state index is 0.189. The Hall–Kier alpha value is -3.19. The van der Waals surface area contributed by atoms with E-state index in [2.05, 4.69) is 28.3 Å². The first-order valence-electron chi connectivity index (χ1n) is 11.1. The van der Waals surface area contributed by atoms with Crippen LogP contribution in [-0.2, 0) is 6.54 Å². The van der Waals surface area contributed by atoms with Crippen molar-refractivity contribution in [2.45, 2.75) is 39.3 Å². The number of nitrogens with zero attached hydrogens (tertiary/aromatic N) is 5. The van der Waals surface area contributed by atoms with Gasteiger partial charge in [0, 0.05) is 48.9 Å². The number of aromatic nitrogens is 4. The summed E-state index contributed by atoms with van der Waals surface area (Å²) in [6.45, 7) is 8.05. The van der Waals surface area contributed by atoms with Gasteiger partial charge in [-0.25, -0.2) is 9.97 Å². The topological polar surface area (TPSA) is 79.1 Å². The van der Waals surface area contributed by atoms with Crippen LogP contribution in [-0.4, -0.2) is 50.5 Å². The molecule has 5 rings (SSSR count). The molecule has 0 radical (unpaired) electrons. The van der Waals surface area contributed by atoms with Gasteiger partial charge in [0.2, 0.25) is 0 Å². The molecule has 4 heterocycles. The van der Waals surface area contributed by atoms with Gasteiger partial charge in [-0.15, -0.1) is 0 Å². The van der Waals surface area contributed by atoms with Gasteiger partial charge in [0.1, 0.15) is 11.6 Å².